The molecule has 0 atom stereocenters. The minimum atomic E-state index is -3.10. The van der Waals surface area contributed by atoms with Gasteiger partial charge < -0.3 is 4.74 Å². The summed E-state index contributed by atoms with van der Waals surface area (Å²) in [6, 6.07) is 7.59. The van der Waals surface area contributed by atoms with Crippen molar-refractivity contribution in [2.24, 2.45) is 0 Å². The molecule has 0 aliphatic rings. The molecule has 1 N–H and O–H groups in total. The number of methoxy groups -OCH3 is 1. The van der Waals surface area contributed by atoms with Crippen LogP contribution in [0.2, 0.25) is 0 Å². The molecule has 90 valence electrons. The fraction of sp³-hybridized carbons (Fsp3) is 0.455. The molecular formula is C11H17NO3S. The molecule has 0 bridgehead atoms. The Bertz CT molecular complexity index is 429. The molecule has 0 unspecified atom stereocenters. The molecule has 0 aliphatic heterocycles. The van der Waals surface area contributed by atoms with Crippen molar-refractivity contribution in [3.63, 3.8) is 0 Å². The molecule has 0 amide bonds. The van der Waals surface area contributed by atoms with E-state index in [1.54, 1.807) is 14.0 Å². The second-order valence-electron chi connectivity index (χ2n) is 3.36. The van der Waals surface area contributed by atoms with Crippen LogP contribution in [0.15, 0.2) is 24.3 Å². The zero-order valence-corrected chi connectivity index (χ0v) is 10.4. The fourth-order valence-corrected chi connectivity index (χ4v) is 1.97. The highest BCUT2D eigenvalue weighted by atomic mass is 32.2. The van der Waals surface area contributed by atoms with E-state index in [2.05, 4.69) is 4.72 Å². The lowest BCUT2D eigenvalue weighted by atomic mass is 10.1. The van der Waals surface area contributed by atoms with Gasteiger partial charge in [-0.3, -0.25) is 0 Å². The molecule has 0 saturated heterocycles. The van der Waals surface area contributed by atoms with Crippen LogP contribution in [0.5, 0.6) is 5.75 Å². The number of nitrogens with one attached hydrogen (secondary N) is 1. The van der Waals surface area contributed by atoms with Gasteiger partial charge in [-0.2, -0.15) is 0 Å². The number of hydrogen-bond acceptors (Lipinski definition) is 3. The highest BCUT2D eigenvalue weighted by Crippen LogP contribution is 2.17. The number of benzene rings is 1. The summed E-state index contributed by atoms with van der Waals surface area (Å²) in [6.07, 6.45) is 0.628. The van der Waals surface area contributed by atoms with Crippen molar-refractivity contribution >= 4 is 10.0 Å². The number of para-hydroxylation sites is 1. The Morgan fingerprint density at radius 1 is 1.31 bits per heavy atom. The van der Waals surface area contributed by atoms with Crippen LogP contribution in [-0.2, 0) is 16.4 Å². The maximum atomic E-state index is 11.2. The summed E-state index contributed by atoms with van der Waals surface area (Å²) in [6.45, 7) is 2.02. The molecular weight excluding hydrogens is 226 g/mol. The second-order valence-corrected chi connectivity index (χ2v) is 5.46. The molecule has 0 heterocycles. The van der Waals surface area contributed by atoms with Gasteiger partial charge in [0, 0.05) is 6.54 Å². The van der Waals surface area contributed by atoms with Gasteiger partial charge in [0.05, 0.1) is 12.9 Å². The second kappa shape index (κ2) is 5.86. The average Bonchev–Trinajstić information content (AvgIpc) is 2.29. The van der Waals surface area contributed by atoms with Gasteiger partial charge in [0.2, 0.25) is 10.0 Å². The molecule has 1 rings (SSSR count). The third kappa shape index (κ3) is 3.83. The molecule has 0 spiro atoms. The molecule has 5 heteroatoms. The number of sulfonamides is 1. The van der Waals surface area contributed by atoms with E-state index >= 15 is 0 Å². The van der Waals surface area contributed by atoms with Crippen molar-refractivity contribution in [3.05, 3.63) is 29.8 Å². The van der Waals surface area contributed by atoms with Gasteiger partial charge in [-0.25, -0.2) is 13.1 Å². The van der Waals surface area contributed by atoms with Crippen molar-refractivity contribution in [1.82, 2.24) is 4.72 Å². The van der Waals surface area contributed by atoms with Crippen molar-refractivity contribution < 1.29 is 13.2 Å². The Labute approximate surface area is 96.7 Å². The van der Waals surface area contributed by atoms with E-state index in [0.717, 1.165) is 11.3 Å². The number of hydrogen-bond donors (Lipinski definition) is 1. The summed E-state index contributed by atoms with van der Waals surface area (Å²) >= 11 is 0. The summed E-state index contributed by atoms with van der Waals surface area (Å²) in [5.74, 6) is 0.900. The Kier molecular flexibility index (Phi) is 4.76. The van der Waals surface area contributed by atoms with Gasteiger partial charge in [0.15, 0.2) is 0 Å². The van der Waals surface area contributed by atoms with Gasteiger partial charge in [-0.05, 0) is 25.0 Å². The van der Waals surface area contributed by atoms with Crippen molar-refractivity contribution in [1.29, 1.82) is 0 Å². The molecule has 16 heavy (non-hydrogen) atoms. The van der Waals surface area contributed by atoms with Gasteiger partial charge in [-0.15, -0.1) is 0 Å². The minimum absolute atomic E-state index is 0.110. The maximum Gasteiger partial charge on any atom is 0.211 e. The fourth-order valence-electron chi connectivity index (χ4n) is 1.35. The van der Waals surface area contributed by atoms with E-state index < -0.39 is 10.0 Å². The van der Waals surface area contributed by atoms with Crippen LogP contribution in [0.1, 0.15) is 12.5 Å². The lowest BCUT2D eigenvalue weighted by Gasteiger charge is -2.08. The van der Waals surface area contributed by atoms with Gasteiger partial charge >= 0.3 is 0 Å². The van der Waals surface area contributed by atoms with E-state index in [-0.39, 0.29) is 5.75 Å². The lowest BCUT2D eigenvalue weighted by molar-refractivity contribution is 0.409. The lowest BCUT2D eigenvalue weighted by Crippen LogP contribution is -2.27. The first-order valence-electron chi connectivity index (χ1n) is 5.18. The van der Waals surface area contributed by atoms with E-state index in [4.69, 9.17) is 4.74 Å². The van der Waals surface area contributed by atoms with E-state index in [1.165, 1.54) is 0 Å². The first-order valence-corrected chi connectivity index (χ1v) is 6.83. The molecule has 0 fully saturated rings. The van der Waals surface area contributed by atoms with E-state index in [9.17, 15) is 8.42 Å². The monoisotopic (exact) mass is 243 g/mol. The first kappa shape index (κ1) is 13.0. The zero-order valence-electron chi connectivity index (χ0n) is 9.56. The first-order chi connectivity index (χ1) is 7.59. The summed E-state index contributed by atoms with van der Waals surface area (Å²) in [5, 5.41) is 0. The van der Waals surface area contributed by atoms with Crippen LogP contribution in [0.25, 0.3) is 0 Å². The molecule has 0 saturated carbocycles. The normalized spacial score (nSPS) is 11.4. The number of ether oxygens (including phenoxy) is 1. The smallest absolute Gasteiger partial charge is 0.211 e. The van der Waals surface area contributed by atoms with Crippen LogP contribution < -0.4 is 9.46 Å². The third-order valence-electron chi connectivity index (χ3n) is 2.29. The highest BCUT2D eigenvalue weighted by molar-refractivity contribution is 7.89. The minimum Gasteiger partial charge on any atom is -0.496 e. The van der Waals surface area contributed by atoms with Gasteiger partial charge in [0.25, 0.3) is 0 Å². The Morgan fingerprint density at radius 3 is 2.62 bits per heavy atom. The summed E-state index contributed by atoms with van der Waals surface area (Å²) in [5.41, 5.74) is 1.00. The molecule has 4 nitrogen and oxygen atoms in total. The Morgan fingerprint density at radius 2 is 2.00 bits per heavy atom. The topological polar surface area (TPSA) is 55.4 Å². The molecule has 0 aromatic heterocycles. The van der Waals surface area contributed by atoms with Crippen LogP contribution in [0.4, 0.5) is 0 Å². The maximum absolute atomic E-state index is 11.2. The van der Waals surface area contributed by atoms with E-state index in [1.807, 2.05) is 24.3 Å². The van der Waals surface area contributed by atoms with Crippen LogP contribution in [0.3, 0.4) is 0 Å². The summed E-state index contributed by atoms with van der Waals surface area (Å²) in [4.78, 5) is 0. The average molecular weight is 243 g/mol. The molecule has 0 aliphatic carbocycles. The largest absolute Gasteiger partial charge is 0.496 e. The number of rotatable bonds is 6. The predicted molar refractivity (Wildman–Crippen MR) is 64.2 cm³/mol. The Hall–Kier alpha value is -1.07. The highest BCUT2D eigenvalue weighted by Gasteiger charge is 2.06. The van der Waals surface area contributed by atoms with Crippen LogP contribution >= 0.6 is 0 Å². The zero-order chi connectivity index (χ0) is 12.0. The quantitative estimate of drug-likeness (QED) is 0.816. The molecule has 1 aromatic rings. The van der Waals surface area contributed by atoms with Crippen molar-refractivity contribution in [3.8, 4) is 5.75 Å². The predicted octanol–water partition coefficient (Wildman–Crippen LogP) is 1.18. The summed E-state index contributed by atoms with van der Waals surface area (Å²) in [7, 11) is -1.49. The molecule has 1 aromatic carbocycles. The SMILES string of the molecule is CCS(=O)(=O)NCCc1ccccc1OC. The van der Waals surface area contributed by atoms with Crippen molar-refractivity contribution in [2.75, 3.05) is 19.4 Å². The standard InChI is InChI=1S/C11H17NO3S/c1-3-16(13,14)12-9-8-10-6-4-5-7-11(10)15-2/h4-7,12H,3,8-9H2,1-2H3. The van der Waals surface area contributed by atoms with Gasteiger partial charge in [0.1, 0.15) is 5.75 Å². The van der Waals surface area contributed by atoms with Crippen molar-refractivity contribution in [2.45, 2.75) is 13.3 Å². The third-order valence-corrected chi connectivity index (χ3v) is 3.69. The van der Waals surface area contributed by atoms with Gasteiger partial charge in [-0.1, -0.05) is 18.2 Å². The molecule has 0 radical (unpaired) electrons. The Balaban J connectivity index is 2.55. The van der Waals surface area contributed by atoms with E-state index in [0.29, 0.717) is 13.0 Å². The van der Waals surface area contributed by atoms with Crippen LogP contribution in [0, 0.1) is 0 Å². The van der Waals surface area contributed by atoms with Crippen LogP contribution in [-0.4, -0.2) is 27.8 Å². The summed E-state index contributed by atoms with van der Waals surface area (Å²) < 4.78 is 30.1.